The van der Waals surface area contributed by atoms with Crippen LogP contribution >= 0.6 is 46.4 Å². The van der Waals surface area contributed by atoms with Crippen LogP contribution in [0.2, 0.25) is 20.1 Å². The molecule has 0 aromatic heterocycles. The van der Waals surface area contributed by atoms with Crippen molar-refractivity contribution in [2.75, 3.05) is 32.7 Å². The molecule has 0 spiro atoms. The van der Waals surface area contributed by atoms with Crippen LogP contribution in [0, 0.1) is 0 Å². The maximum Gasteiger partial charge on any atom is 0.340 e. The van der Waals surface area contributed by atoms with Crippen molar-refractivity contribution in [3.05, 3.63) is 67.6 Å². The van der Waals surface area contributed by atoms with E-state index in [9.17, 15) is 9.59 Å². The maximum atomic E-state index is 12.7. The Hall–Kier alpha value is -1.50. The molecule has 5 nitrogen and oxygen atoms in total. The second kappa shape index (κ2) is 10.2. The number of carbonyl (C=O) groups is 2. The van der Waals surface area contributed by atoms with Gasteiger partial charge in [0.15, 0.2) is 0 Å². The molecular weight excluding hydrogens is 470 g/mol. The molecule has 0 saturated carbocycles. The molecule has 1 atom stereocenters. The van der Waals surface area contributed by atoms with Crippen molar-refractivity contribution in [2.24, 2.45) is 0 Å². The smallest absolute Gasteiger partial charge is 0.340 e. The van der Waals surface area contributed by atoms with E-state index in [0.717, 1.165) is 0 Å². The first-order valence-corrected chi connectivity index (χ1v) is 10.9. The number of nitrogens with zero attached hydrogens (tertiary/aromatic N) is 2. The van der Waals surface area contributed by atoms with Gasteiger partial charge in [-0.3, -0.25) is 9.69 Å². The number of ether oxygens (including phenoxy) is 1. The second-order valence-electron chi connectivity index (χ2n) is 7.01. The monoisotopic (exact) mass is 488 g/mol. The molecule has 2 aromatic rings. The van der Waals surface area contributed by atoms with Crippen molar-refractivity contribution >= 4 is 58.3 Å². The van der Waals surface area contributed by atoms with E-state index in [1.165, 1.54) is 0 Å². The number of benzene rings is 2. The first kappa shape index (κ1) is 23.2. The molecule has 0 radical (unpaired) electrons. The fraction of sp³-hybridized carbons (Fsp3) is 0.333. The Bertz CT molecular complexity index is 946. The summed E-state index contributed by atoms with van der Waals surface area (Å²) in [4.78, 5) is 29.0. The van der Waals surface area contributed by atoms with E-state index >= 15 is 0 Å². The predicted molar refractivity (Wildman–Crippen MR) is 120 cm³/mol. The second-order valence-corrected chi connectivity index (χ2v) is 8.58. The minimum absolute atomic E-state index is 0.141. The lowest BCUT2D eigenvalue weighted by molar-refractivity contribution is 0.0197. The van der Waals surface area contributed by atoms with Crippen LogP contribution in [0.4, 0.5) is 0 Å². The number of esters is 1. The summed E-state index contributed by atoms with van der Waals surface area (Å²) in [5, 5.41) is 1.12. The van der Waals surface area contributed by atoms with Gasteiger partial charge in [-0.05, 0) is 31.2 Å². The number of halogens is 4. The summed E-state index contributed by atoms with van der Waals surface area (Å²) >= 11 is 24.2. The molecule has 1 aliphatic rings. The zero-order valence-corrected chi connectivity index (χ0v) is 19.2. The number of hydrogen-bond acceptors (Lipinski definition) is 4. The zero-order valence-electron chi connectivity index (χ0n) is 16.2. The van der Waals surface area contributed by atoms with E-state index in [1.54, 1.807) is 41.3 Å². The summed E-state index contributed by atoms with van der Waals surface area (Å²) in [5.74, 6) is -0.656. The highest BCUT2D eigenvalue weighted by molar-refractivity contribution is 6.44. The van der Waals surface area contributed by atoms with E-state index in [0.29, 0.717) is 48.3 Å². The molecule has 0 aliphatic carbocycles. The average molecular weight is 490 g/mol. The Morgan fingerprint density at radius 2 is 1.43 bits per heavy atom. The summed E-state index contributed by atoms with van der Waals surface area (Å²) in [6.45, 7) is 4.77. The van der Waals surface area contributed by atoms with Gasteiger partial charge in [-0.25, -0.2) is 4.79 Å². The van der Waals surface area contributed by atoms with E-state index < -0.39 is 5.97 Å². The normalized spacial score (nSPS) is 15.7. The van der Waals surface area contributed by atoms with E-state index in [2.05, 4.69) is 4.90 Å². The van der Waals surface area contributed by atoms with Crippen molar-refractivity contribution in [2.45, 2.75) is 13.0 Å². The van der Waals surface area contributed by atoms with Crippen LogP contribution in [0.15, 0.2) is 36.4 Å². The fourth-order valence-electron chi connectivity index (χ4n) is 3.28. The lowest BCUT2D eigenvalue weighted by atomic mass is 10.1. The van der Waals surface area contributed by atoms with Gasteiger partial charge in [0.1, 0.15) is 6.10 Å². The first-order valence-electron chi connectivity index (χ1n) is 9.38. The van der Waals surface area contributed by atoms with Gasteiger partial charge >= 0.3 is 5.97 Å². The number of amides is 1. The van der Waals surface area contributed by atoms with E-state index in [1.807, 2.05) is 6.92 Å². The van der Waals surface area contributed by atoms with Gasteiger partial charge in [-0.15, -0.1) is 0 Å². The molecule has 2 aromatic carbocycles. The van der Waals surface area contributed by atoms with Crippen LogP contribution < -0.4 is 0 Å². The summed E-state index contributed by atoms with van der Waals surface area (Å²) in [7, 11) is 0. The minimum atomic E-state index is -0.514. The lowest BCUT2D eigenvalue weighted by Gasteiger charge is -2.36. The standard InChI is InChI=1S/C21H20Cl4N2O3/c1-13(30-21(29)15-5-3-7-17(23)19(15)25)12-26-8-10-27(11-9-26)20(28)14-4-2-6-16(22)18(14)24/h2-7,13H,8-12H2,1H3. The quantitative estimate of drug-likeness (QED) is 0.534. The SMILES string of the molecule is CC(CN1CCN(C(=O)c2cccc(Cl)c2Cl)CC1)OC(=O)c1cccc(Cl)c1Cl. The fourth-order valence-corrected chi connectivity index (χ4v) is 4.04. The Morgan fingerprint density at radius 3 is 2.03 bits per heavy atom. The Morgan fingerprint density at radius 1 is 0.900 bits per heavy atom. The topological polar surface area (TPSA) is 49.9 Å². The van der Waals surface area contributed by atoms with Crippen molar-refractivity contribution in [1.29, 1.82) is 0 Å². The molecular formula is C21H20Cl4N2O3. The van der Waals surface area contributed by atoms with Gasteiger partial charge in [-0.2, -0.15) is 0 Å². The molecule has 3 rings (SSSR count). The minimum Gasteiger partial charge on any atom is -0.458 e. The van der Waals surface area contributed by atoms with Crippen LogP contribution in [0.25, 0.3) is 0 Å². The van der Waals surface area contributed by atoms with Gasteiger partial charge in [0.05, 0.1) is 31.2 Å². The van der Waals surface area contributed by atoms with Gasteiger partial charge in [-0.1, -0.05) is 58.5 Å². The number of carbonyl (C=O) groups excluding carboxylic acids is 2. The molecule has 160 valence electrons. The molecule has 9 heteroatoms. The summed E-state index contributed by atoms with van der Waals surface area (Å²) in [6.07, 6.45) is -0.350. The summed E-state index contributed by atoms with van der Waals surface area (Å²) < 4.78 is 5.51. The largest absolute Gasteiger partial charge is 0.458 e. The number of rotatable bonds is 5. The molecule has 1 saturated heterocycles. The molecule has 1 unspecified atom stereocenters. The Labute approximate surface area is 195 Å². The third-order valence-corrected chi connectivity index (χ3v) is 6.47. The highest BCUT2D eigenvalue weighted by atomic mass is 35.5. The molecule has 0 N–H and O–H groups in total. The molecule has 1 aliphatic heterocycles. The van der Waals surface area contributed by atoms with Crippen molar-refractivity contribution in [3.8, 4) is 0 Å². The van der Waals surface area contributed by atoms with Crippen LogP contribution in [-0.4, -0.2) is 60.5 Å². The highest BCUT2D eigenvalue weighted by Gasteiger charge is 2.26. The van der Waals surface area contributed by atoms with Crippen molar-refractivity contribution in [3.63, 3.8) is 0 Å². The van der Waals surface area contributed by atoms with Gasteiger partial charge in [0.25, 0.3) is 5.91 Å². The highest BCUT2D eigenvalue weighted by Crippen LogP contribution is 2.27. The Balaban J connectivity index is 1.52. The maximum absolute atomic E-state index is 12.7. The third-order valence-electron chi connectivity index (χ3n) is 4.84. The number of hydrogen-bond donors (Lipinski definition) is 0. The van der Waals surface area contributed by atoms with Crippen LogP contribution in [-0.2, 0) is 4.74 Å². The Kier molecular flexibility index (Phi) is 7.88. The summed E-state index contributed by atoms with van der Waals surface area (Å²) in [6, 6.07) is 9.87. The van der Waals surface area contributed by atoms with Crippen LogP contribution in [0.3, 0.4) is 0 Å². The predicted octanol–water partition coefficient (Wildman–Crippen LogP) is 5.30. The van der Waals surface area contributed by atoms with Gasteiger partial charge < -0.3 is 9.64 Å². The van der Waals surface area contributed by atoms with Gasteiger partial charge in [0.2, 0.25) is 0 Å². The van der Waals surface area contributed by atoms with Crippen LogP contribution in [0.5, 0.6) is 0 Å². The molecule has 1 amide bonds. The summed E-state index contributed by atoms with van der Waals surface area (Å²) in [5.41, 5.74) is 0.642. The molecule has 0 bridgehead atoms. The molecule has 1 heterocycles. The van der Waals surface area contributed by atoms with E-state index in [4.69, 9.17) is 51.1 Å². The first-order chi connectivity index (χ1) is 14.3. The van der Waals surface area contributed by atoms with Crippen molar-refractivity contribution < 1.29 is 14.3 Å². The number of piperazine rings is 1. The van der Waals surface area contributed by atoms with Crippen molar-refractivity contribution in [1.82, 2.24) is 9.80 Å². The average Bonchev–Trinajstić information content (AvgIpc) is 2.72. The molecule has 1 fully saturated rings. The lowest BCUT2D eigenvalue weighted by Crippen LogP contribution is -2.50. The van der Waals surface area contributed by atoms with E-state index in [-0.39, 0.29) is 27.6 Å². The zero-order chi connectivity index (χ0) is 21.8. The van der Waals surface area contributed by atoms with Gasteiger partial charge in [0, 0.05) is 32.7 Å². The van der Waals surface area contributed by atoms with Crippen LogP contribution in [0.1, 0.15) is 27.6 Å². The third kappa shape index (κ3) is 5.40. The molecule has 30 heavy (non-hydrogen) atoms.